The Hall–Kier alpha value is -3.21. The van der Waals surface area contributed by atoms with Crippen molar-refractivity contribution in [1.29, 1.82) is 0 Å². The monoisotopic (exact) mass is 800 g/mol. The average Bonchev–Trinajstić information content (AvgIpc) is 3.19. The average molecular weight is 803 g/mol. The van der Waals surface area contributed by atoms with Gasteiger partial charge < -0.3 is 0 Å². The molecule has 0 N–H and O–H groups in total. The van der Waals surface area contributed by atoms with Crippen LogP contribution < -0.4 is 31.8 Å². The summed E-state index contributed by atoms with van der Waals surface area (Å²) in [5, 5.41) is 8.75. The van der Waals surface area contributed by atoms with Crippen molar-refractivity contribution in [3.63, 3.8) is 0 Å². The van der Waals surface area contributed by atoms with Crippen LogP contribution in [0.5, 0.6) is 0 Å². The minimum atomic E-state index is -2.16. The predicted molar refractivity (Wildman–Crippen MR) is 227 cm³/mol. The fourth-order valence-electron chi connectivity index (χ4n) is 6.69. The van der Waals surface area contributed by atoms with E-state index in [1.165, 1.54) is 37.4 Å². The fraction of sp³-hybridized carbons (Fsp3) is 0.0455. The van der Waals surface area contributed by atoms with E-state index >= 15 is 0 Å². The van der Waals surface area contributed by atoms with E-state index in [9.17, 15) is 0 Å². The van der Waals surface area contributed by atoms with Crippen LogP contribution in [0.1, 0.15) is 5.56 Å². The molecule has 0 bridgehead atoms. The maximum atomic E-state index is 4.83. The van der Waals surface area contributed by atoms with Gasteiger partial charge in [-0.25, -0.2) is 0 Å². The van der Waals surface area contributed by atoms with Crippen LogP contribution >= 0.6 is 44.8 Å². The zero-order chi connectivity index (χ0) is 35.1. The fourth-order valence-corrected chi connectivity index (χ4v) is 15.0. The molecule has 0 aromatic heterocycles. The van der Waals surface area contributed by atoms with Crippen molar-refractivity contribution < 1.29 is 11.2 Å². The first-order chi connectivity index (χ1) is 24.4. The molecule has 0 aliphatic rings. The number of benzene rings is 7. The van der Waals surface area contributed by atoms with Gasteiger partial charge in [-0.2, -0.15) is 0 Å². The third kappa shape index (κ3) is 9.76. The van der Waals surface area contributed by atoms with Crippen LogP contribution in [0.3, 0.4) is 0 Å². The normalized spacial score (nSPS) is 11.9. The molecule has 0 nitrogen and oxygen atoms in total. The van der Waals surface area contributed by atoms with Gasteiger partial charge in [0.15, 0.2) is 0 Å². The quantitative estimate of drug-likeness (QED) is 0.106. The molecule has 0 heterocycles. The molecule has 0 fully saturated rings. The Labute approximate surface area is 316 Å². The van der Waals surface area contributed by atoms with Crippen molar-refractivity contribution in [2.24, 2.45) is 0 Å². The van der Waals surface area contributed by atoms with Crippen LogP contribution in [0, 0.1) is 0 Å². The Balaban J connectivity index is 0.000000181. The van der Waals surface area contributed by atoms with Gasteiger partial charge in [-0.05, 0) is 0 Å². The molecule has 0 spiro atoms. The second-order valence-electron chi connectivity index (χ2n) is 12.0. The molecule has 0 amide bonds. The maximum absolute atomic E-state index is 4.83. The zero-order valence-electron chi connectivity index (χ0n) is 27.8. The van der Waals surface area contributed by atoms with Gasteiger partial charge in [0.05, 0.1) is 0 Å². The first-order valence-electron chi connectivity index (χ1n) is 16.4. The van der Waals surface area contributed by atoms with Gasteiger partial charge in [0.25, 0.3) is 0 Å². The number of halogens is 3. The molecule has 7 aromatic carbocycles. The van der Waals surface area contributed by atoms with Crippen LogP contribution in [0.15, 0.2) is 212 Å². The van der Waals surface area contributed by atoms with Crippen LogP contribution in [0.25, 0.3) is 0 Å². The number of rotatable bonds is 8. The summed E-state index contributed by atoms with van der Waals surface area (Å²) in [7, 11) is 10.4. The van der Waals surface area contributed by atoms with E-state index < -0.39 is 25.7 Å². The van der Waals surface area contributed by atoms with Crippen molar-refractivity contribution >= 4 is 76.6 Å². The van der Waals surface area contributed by atoms with E-state index in [0.29, 0.717) is 0 Å². The molecule has 7 rings (SSSR count). The molecule has 0 unspecified atom stereocenters. The Bertz CT molecular complexity index is 1750. The zero-order valence-corrected chi connectivity index (χ0v) is 33.1. The van der Waals surface area contributed by atoms with Crippen molar-refractivity contribution in [3.8, 4) is 0 Å². The molecule has 50 heavy (non-hydrogen) atoms. The predicted octanol–water partition coefficient (Wildman–Crippen LogP) is 10.3. The first kappa shape index (κ1) is 38.0. The summed E-state index contributed by atoms with van der Waals surface area (Å²) < 4.78 is 0. The van der Waals surface area contributed by atoms with Crippen LogP contribution in [0.2, 0.25) is 0 Å². The van der Waals surface area contributed by atoms with Crippen LogP contribution in [-0.2, 0) is 17.3 Å². The van der Waals surface area contributed by atoms with E-state index in [1.807, 2.05) is 0 Å². The van der Waals surface area contributed by atoms with E-state index in [-0.39, 0.29) is 0 Å². The van der Waals surface area contributed by atoms with Crippen molar-refractivity contribution in [2.45, 2.75) is 6.16 Å². The van der Waals surface area contributed by atoms with Crippen molar-refractivity contribution in [2.75, 3.05) is 6.66 Å². The van der Waals surface area contributed by atoms with E-state index in [4.69, 9.17) is 30.3 Å². The van der Waals surface area contributed by atoms with Gasteiger partial charge in [-0.3, -0.25) is 0 Å². The van der Waals surface area contributed by atoms with E-state index in [2.05, 4.69) is 219 Å². The SMILES string of the molecule is C[PH](c1ccccc1)(c1ccccc1)c1ccccc1.[Cl][Cu]([Cl])[Cl].c1ccc(C[PH](c2ccccc2)(c2ccccc2)c2ccccc2)cc1. The third-order valence-corrected chi connectivity index (χ3v) is 18.5. The Kier molecular flexibility index (Phi) is 14.8. The molecule has 0 aliphatic heterocycles. The van der Waals surface area contributed by atoms with Gasteiger partial charge in [-0.1, -0.05) is 0 Å². The second kappa shape index (κ2) is 19.4. The molecule has 0 aliphatic carbocycles. The third-order valence-electron chi connectivity index (χ3n) is 9.17. The summed E-state index contributed by atoms with van der Waals surface area (Å²) in [6.07, 6.45) is 1.06. The van der Waals surface area contributed by atoms with E-state index in [0.717, 1.165) is 6.16 Å². The standard InChI is InChI=1S/C25H23P.C19H19P.3ClH.Cu/c1-5-13-22(14-6-1)21-26(23-15-7-2-8-16-23,24-17-9-3-10-18-24)25-19-11-4-12-20-25;1-20(17-11-5-2-6-12-17,18-13-7-3-8-14-18)19-15-9-4-10-16-19;;;;/h1-20,26H,21H2;2-16,20H,1H3;3*1H;/q;;;;;+3/p-3. The second-order valence-corrected chi connectivity index (χ2v) is 24.6. The molecule has 260 valence electrons. The molecule has 0 radical (unpaired) electrons. The topological polar surface area (TPSA) is 0 Å². The molecular weight excluding hydrogens is 760 g/mol. The van der Waals surface area contributed by atoms with Gasteiger partial charge in [-0.15, -0.1) is 0 Å². The number of hydrogen-bond donors (Lipinski definition) is 0. The molecule has 0 atom stereocenters. The van der Waals surface area contributed by atoms with E-state index in [1.54, 1.807) is 0 Å². The summed E-state index contributed by atoms with van der Waals surface area (Å²) in [5.41, 5.74) is 1.40. The first-order valence-corrected chi connectivity index (χ1v) is 25.0. The Morgan fingerprint density at radius 3 is 0.780 bits per heavy atom. The van der Waals surface area contributed by atoms with Crippen LogP contribution in [0.4, 0.5) is 0 Å². The molecule has 7 aromatic rings. The summed E-state index contributed by atoms with van der Waals surface area (Å²) >= 11 is -0.896. The van der Waals surface area contributed by atoms with Crippen molar-refractivity contribution in [1.82, 2.24) is 0 Å². The Morgan fingerprint density at radius 1 is 0.340 bits per heavy atom. The van der Waals surface area contributed by atoms with Crippen molar-refractivity contribution in [3.05, 3.63) is 218 Å². The van der Waals surface area contributed by atoms with Gasteiger partial charge >= 0.3 is 319 Å². The molecule has 0 saturated carbocycles. The van der Waals surface area contributed by atoms with Crippen LogP contribution in [-0.4, -0.2) is 6.66 Å². The van der Waals surface area contributed by atoms with Gasteiger partial charge in [0.1, 0.15) is 0 Å². The summed E-state index contributed by atoms with van der Waals surface area (Å²) in [4.78, 5) is 0. The summed E-state index contributed by atoms with van der Waals surface area (Å²) in [5.74, 6) is 0. The number of hydrogen-bond acceptors (Lipinski definition) is 0. The molecular formula is C44H42Cl3CuP2. The summed E-state index contributed by atoms with van der Waals surface area (Å²) in [6, 6.07) is 77.0. The minimum absolute atomic E-state index is 0.896. The molecule has 0 saturated heterocycles. The molecule has 6 heteroatoms. The Morgan fingerprint density at radius 2 is 0.540 bits per heavy atom. The van der Waals surface area contributed by atoms with Gasteiger partial charge in [0, 0.05) is 0 Å². The summed E-state index contributed by atoms with van der Waals surface area (Å²) in [6.45, 7) is 2.44. The van der Waals surface area contributed by atoms with Gasteiger partial charge in [0.2, 0.25) is 0 Å².